The molecule has 202 valence electrons. The van der Waals surface area contributed by atoms with Crippen molar-refractivity contribution in [2.45, 2.75) is 46.0 Å². The van der Waals surface area contributed by atoms with Crippen LogP contribution in [-0.2, 0) is 11.2 Å². The largest absolute Gasteiger partial charge is 0.493 e. The van der Waals surface area contributed by atoms with Gasteiger partial charge in [-0.2, -0.15) is 4.98 Å². The monoisotopic (exact) mass is 528 g/mol. The smallest absolute Gasteiger partial charge is 0.257 e. The van der Waals surface area contributed by atoms with Crippen molar-refractivity contribution < 1.29 is 27.6 Å². The van der Waals surface area contributed by atoms with Crippen molar-refractivity contribution >= 4 is 17.6 Å². The molecule has 4 rings (SSSR count). The van der Waals surface area contributed by atoms with Gasteiger partial charge in [0.2, 0.25) is 17.7 Å². The van der Waals surface area contributed by atoms with E-state index >= 15 is 0 Å². The van der Waals surface area contributed by atoms with Gasteiger partial charge in [0.15, 0.2) is 0 Å². The van der Waals surface area contributed by atoms with Crippen molar-refractivity contribution in [3.63, 3.8) is 0 Å². The molecule has 10 nitrogen and oxygen atoms in total. The highest BCUT2D eigenvalue weighted by Gasteiger charge is 2.22. The number of ketones is 1. The van der Waals surface area contributed by atoms with Crippen molar-refractivity contribution in [1.29, 1.82) is 0 Å². The van der Waals surface area contributed by atoms with Crippen LogP contribution in [0.3, 0.4) is 0 Å². The van der Waals surface area contributed by atoms with E-state index in [0.717, 1.165) is 50.9 Å². The molecular weight excluding hydrogens is 498 g/mol. The number of benzene rings is 1. The number of nitrogens with one attached hydrogen (secondary N) is 1. The summed E-state index contributed by atoms with van der Waals surface area (Å²) in [5.74, 6) is -1.14. The third kappa shape index (κ3) is 6.87. The van der Waals surface area contributed by atoms with Gasteiger partial charge in [-0.1, -0.05) is 12.1 Å². The summed E-state index contributed by atoms with van der Waals surface area (Å²) < 4.78 is 39.3. The van der Waals surface area contributed by atoms with Crippen LogP contribution < -0.4 is 15.0 Å². The van der Waals surface area contributed by atoms with Gasteiger partial charge in [-0.05, 0) is 38.5 Å². The number of carbonyl (C=O) groups is 2. The van der Waals surface area contributed by atoms with Crippen LogP contribution in [0.5, 0.6) is 5.75 Å². The molecule has 1 aromatic carbocycles. The second kappa shape index (κ2) is 12.5. The molecule has 0 atom stereocenters. The highest BCUT2D eigenvalue weighted by atomic mass is 19.1. The fourth-order valence-corrected chi connectivity index (χ4v) is 4.24. The number of rotatable bonds is 11. The first-order valence-electron chi connectivity index (χ1n) is 12.6. The zero-order valence-corrected chi connectivity index (χ0v) is 21.4. The number of aromatic nitrogens is 4. The predicted octanol–water partition coefficient (Wildman–Crippen LogP) is 3.76. The molecule has 0 unspecified atom stereocenters. The second-order valence-electron chi connectivity index (χ2n) is 9.20. The second-order valence-corrected chi connectivity index (χ2v) is 9.20. The van der Waals surface area contributed by atoms with E-state index in [0.29, 0.717) is 42.2 Å². The molecule has 1 aliphatic rings. The zero-order chi connectivity index (χ0) is 27.1. The Labute approximate surface area is 218 Å². The molecule has 1 amide bonds. The van der Waals surface area contributed by atoms with Crippen molar-refractivity contribution in [2.75, 3.05) is 31.1 Å². The highest BCUT2D eigenvalue weighted by molar-refractivity contribution is 5.97. The summed E-state index contributed by atoms with van der Waals surface area (Å²) in [5, 5.41) is 6.13. The Balaban J connectivity index is 1.19. The van der Waals surface area contributed by atoms with Crippen LogP contribution in [0.4, 0.5) is 14.7 Å². The lowest BCUT2D eigenvalue weighted by atomic mass is 9.92. The van der Waals surface area contributed by atoms with Crippen LogP contribution in [0.15, 0.2) is 29.0 Å². The summed E-state index contributed by atoms with van der Waals surface area (Å²) in [7, 11) is 0. The Hall–Kier alpha value is -3.96. The van der Waals surface area contributed by atoms with Gasteiger partial charge in [-0.25, -0.2) is 18.7 Å². The van der Waals surface area contributed by atoms with Gasteiger partial charge >= 0.3 is 0 Å². The molecule has 2 aromatic heterocycles. The number of ether oxygens (including phenoxy) is 1. The fraction of sp³-hybridized carbons (Fsp3) is 0.462. The number of carbonyl (C=O) groups excluding carboxylic acids is 2. The topological polar surface area (TPSA) is 123 Å². The Morgan fingerprint density at radius 3 is 2.45 bits per heavy atom. The molecule has 1 fully saturated rings. The average Bonchev–Trinajstić information content (AvgIpc) is 3.39. The van der Waals surface area contributed by atoms with Crippen LogP contribution >= 0.6 is 0 Å². The number of amides is 1. The lowest BCUT2D eigenvalue weighted by Gasteiger charge is -2.32. The molecular formula is C26H30F2N6O4. The zero-order valence-electron chi connectivity index (χ0n) is 21.4. The predicted molar refractivity (Wildman–Crippen MR) is 134 cm³/mol. The maximum Gasteiger partial charge on any atom is 0.257 e. The number of anilines is 1. The summed E-state index contributed by atoms with van der Waals surface area (Å²) in [6.07, 6.45) is 7.67. The maximum atomic E-state index is 14.3. The number of piperidine rings is 1. The molecule has 1 saturated heterocycles. The number of Topliss-reactive ketones (excluding diaryl/α,β-unsaturated/α-hetero) is 1. The molecule has 0 radical (unpaired) electrons. The van der Waals surface area contributed by atoms with Gasteiger partial charge in [0.05, 0.1) is 18.7 Å². The van der Waals surface area contributed by atoms with E-state index < -0.39 is 23.1 Å². The standard InChI is InChI=1S/C26H30F2N6O4/c1-3-22-32-24(33-38-22)18-14-30-26(31-15-18)34-8-6-17(7-9-34)5-4-10-37-19-11-20(27)23(21(28)12-19)25(36)29-13-16(2)35/h11-12,14-15,17H,3-10,13H2,1-2H3,(H,29,36). The van der Waals surface area contributed by atoms with Gasteiger partial charge in [0.1, 0.15) is 28.7 Å². The van der Waals surface area contributed by atoms with Crippen LogP contribution in [0, 0.1) is 17.6 Å². The molecule has 0 spiro atoms. The molecule has 1 N–H and O–H groups in total. The van der Waals surface area contributed by atoms with Gasteiger partial charge in [0, 0.05) is 44.0 Å². The van der Waals surface area contributed by atoms with Crippen molar-refractivity contribution in [1.82, 2.24) is 25.4 Å². The Morgan fingerprint density at radius 2 is 1.84 bits per heavy atom. The summed E-state index contributed by atoms with van der Waals surface area (Å²) in [6, 6.07) is 1.97. The number of hydrogen-bond donors (Lipinski definition) is 1. The van der Waals surface area contributed by atoms with Gasteiger partial charge in [0.25, 0.3) is 5.91 Å². The Kier molecular flexibility index (Phi) is 8.93. The number of nitrogens with zero attached hydrogens (tertiary/aromatic N) is 5. The Morgan fingerprint density at radius 1 is 1.16 bits per heavy atom. The van der Waals surface area contributed by atoms with Gasteiger partial charge < -0.3 is 19.5 Å². The van der Waals surface area contributed by atoms with Gasteiger partial charge in [-0.3, -0.25) is 9.59 Å². The molecule has 12 heteroatoms. The quantitative estimate of drug-likeness (QED) is 0.371. The van der Waals surface area contributed by atoms with E-state index in [2.05, 4.69) is 30.3 Å². The minimum Gasteiger partial charge on any atom is -0.493 e. The minimum atomic E-state index is -1.04. The van der Waals surface area contributed by atoms with E-state index in [-0.39, 0.29) is 18.1 Å². The molecule has 1 aliphatic heterocycles. The summed E-state index contributed by atoms with van der Waals surface area (Å²) in [4.78, 5) is 38.3. The van der Waals surface area contributed by atoms with E-state index in [1.165, 1.54) is 6.92 Å². The summed E-state index contributed by atoms with van der Waals surface area (Å²) >= 11 is 0. The lowest BCUT2D eigenvalue weighted by molar-refractivity contribution is -0.116. The third-order valence-electron chi connectivity index (χ3n) is 6.33. The molecule has 0 saturated carbocycles. The number of hydrogen-bond acceptors (Lipinski definition) is 9. The van der Waals surface area contributed by atoms with Crippen LogP contribution in [-0.4, -0.2) is 58.0 Å². The SMILES string of the molecule is CCc1nc(-c2cnc(N3CCC(CCCOc4cc(F)c(C(=O)NCC(C)=O)c(F)c4)CC3)nc2)no1. The molecule has 38 heavy (non-hydrogen) atoms. The molecule has 0 aliphatic carbocycles. The fourth-order valence-electron chi connectivity index (χ4n) is 4.24. The van der Waals surface area contributed by atoms with E-state index in [9.17, 15) is 18.4 Å². The van der Waals surface area contributed by atoms with Crippen LogP contribution in [0.1, 0.15) is 55.8 Å². The third-order valence-corrected chi connectivity index (χ3v) is 6.33. The van der Waals surface area contributed by atoms with Crippen molar-refractivity contribution in [3.8, 4) is 17.1 Å². The molecule has 3 aromatic rings. The number of halogens is 2. The van der Waals surface area contributed by atoms with Crippen LogP contribution in [0.25, 0.3) is 11.4 Å². The summed E-state index contributed by atoms with van der Waals surface area (Å²) in [5.41, 5.74) is -0.0258. The average molecular weight is 529 g/mol. The number of aryl methyl sites for hydroxylation is 1. The van der Waals surface area contributed by atoms with E-state index in [4.69, 9.17) is 9.26 Å². The van der Waals surface area contributed by atoms with Crippen LogP contribution in [0.2, 0.25) is 0 Å². The summed E-state index contributed by atoms with van der Waals surface area (Å²) in [6.45, 7) is 4.87. The first kappa shape index (κ1) is 27.1. The Bertz CT molecular complexity index is 1240. The lowest BCUT2D eigenvalue weighted by Crippen LogP contribution is -2.34. The van der Waals surface area contributed by atoms with Crippen molar-refractivity contribution in [2.24, 2.45) is 5.92 Å². The normalized spacial score (nSPS) is 13.9. The highest BCUT2D eigenvalue weighted by Crippen LogP contribution is 2.26. The maximum absolute atomic E-state index is 14.3. The van der Waals surface area contributed by atoms with E-state index in [1.807, 2.05) is 6.92 Å². The first-order chi connectivity index (χ1) is 18.3. The van der Waals surface area contributed by atoms with Crippen molar-refractivity contribution in [3.05, 3.63) is 47.6 Å². The van der Waals surface area contributed by atoms with Gasteiger partial charge in [-0.15, -0.1) is 0 Å². The minimum absolute atomic E-state index is 0.0188. The first-order valence-corrected chi connectivity index (χ1v) is 12.6. The molecule has 0 bridgehead atoms. The van der Waals surface area contributed by atoms with E-state index in [1.54, 1.807) is 12.4 Å². The molecule has 3 heterocycles.